The summed E-state index contributed by atoms with van der Waals surface area (Å²) in [6.45, 7) is 5.96. The van der Waals surface area contributed by atoms with E-state index in [0.29, 0.717) is 18.8 Å². The van der Waals surface area contributed by atoms with Crippen molar-refractivity contribution in [1.82, 2.24) is 10.2 Å². The summed E-state index contributed by atoms with van der Waals surface area (Å²) in [5.74, 6) is -0.158. The van der Waals surface area contributed by atoms with Gasteiger partial charge in [-0.25, -0.2) is 4.39 Å². The molecule has 0 atom stereocenters. The van der Waals surface area contributed by atoms with Crippen molar-refractivity contribution in [3.63, 3.8) is 0 Å². The molecule has 4 nitrogen and oxygen atoms in total. The predicted molar refractivity (Wildman–Crippen MR) is 98.1 cm³/mol. The van der Waals surface area contributed by atoms with Crippen LogP contribution in [0.2, 0.25) is 0 Å². The Morgan fingerprint density at radius 1 is 1.04 bits per heavy atom. The maximum absolute atomic E-state index is 13.9. The van der Waals surface area contributed by atoms with E-state index < -0.39 is 0 Å². The molecule has 5 heteroatoms. The molecule has 2 aromatic carbocycles. The summed E-state index contributed by atoms with van der Waals surface area (Å²) < 4.78 is 13.9. The van der Waals surface area contributed by atoms with Crippen molar-refractivity contribution in [1.29, 1.82) is 0 Å². The van der Waals surface area contributed by atoms with Crippen LogP contribution in [0.4, 0.5) is 10.1 Å². The summed E-state index contributed by atoms with van der Waals surface area (Å²) in [6, 6.07) is 14.9. The van der Waals surface area contributed by atoms with Gasteiger partial charge in [-0.05, 0) is 30.2 Å². The predicted octanol–water partition coefficient (Wildman–Crippen LogP) is 2.57. The van der Waals surface area contributed by atoms with Gasteiger partial charge in [0.1, 0.15) is 5.82 Å². The number of benzene rings is 2. The summed E-state index contributed by atoms with van der Waals surface area (Å²) in [5, 5.41) is 2.98. The summed E-state index contributed by atoms with van der Waals surface area (Å²) in [5.41, 5.74) is 2.97. The Morgan fingerprint density at radius 3 is 2.44 bits per heavy atom. The van der Waals surface area contributed by atoms with Gasteiger partial charge in [0.2, 0.25) is 5.91 Å². The van der Waals surface area contributed by atoms with Crippen molar-refractivity contribution >= 4 is 11.6 Å². The summed E-state index contributed by atoms with van der Waals surface area (Å²) >= 11 is 0. The Balaban J connectivity index is 1.45. The van der Waals surface area contributed by atoms with Gasteiger partial charge in [0.25, 0.3) is 0 Å². The Hall–Kier alpha value is -2.40. The third-order valence-electron chi connectivity index (χ3n) is 4.67. The first kappa shape index (κ1) is 17.4. The van der Waals surface area contributed by atoms with Crippen LogP contribution in [-0.4, -0.2) is 43.5 Å². The van der Waals surface area contributed by atoms with E-state index in [1.165, 1.54) is 11.6 Å². The number of nitrogens with one attached hydrogen (secondary N) is 1. The highest BCUT2D eigenvalue weighted by atomic mass is 19.1. The number of carbonyl (C=O) groups excluding carboxylic acids is 1. The Labute approximate surface area is 148 Å². The van der Waals surface area contributed by atoms with Gasteiger partial charge in [-0.3, -0.25) is 9.69 Å². The highest BCUT2D eigenvalue weighted by Crippen LogP contribution is 2.20. The van der Waals surface area contributed by atoms with E-state index >= 15 is 0 Å². The van der Waals surface area contributed by atoms with E-state index in [1.807, 2.05) is 42.2 Å². The number of para-hydroxylation sites is 1. The minimum absolute atomic E-state index is 0.0302. The lowest BCUT2D eigenvalue weighted by molar-refractivity contribution is -0.122. The Bertz CT molecular complexity index is 726. The second kappa shape index (κ2) is 8.12. The minimum Gasteiger partial charge on any atom is -0.367 e. The van der Waals surface area contributed by atoms with Crippen LogP contribution in [0.1, 0.15) is 11.1 Å². The molecule has 1 saturated heterocycles. The fourth-order valence-corrected chi connectivity index (χ4v) is 3.12. The van der Waals surface area contributed by atoms with E-state index in [4.69, 9.17) is 0 Å². The molecule has 3 rings (SSSR count). The zero-order valence-corrected chi connectivity index (χ0v) is 14.5. The number of carbonyl (C=O) groups is 1. The number of hydrogen-bond acceptors (Lipinski definition) is 3. The number of piperazine rings is 1. The van der Waals surface area contributed by atoms with Gasteiger partial charge in [0, 0.05) is 32.7 Å². The Kier molecular flexibility index (Phi) is 5.66. The third kappa shape index (κ3) is 4.57. The van der Waals surface area contributed by atoms with Gasteiger partial charge < -0.3 is 10.2 Å². The number of halogens is 1. The standard InChI is InChI=1S/C20H24FN3O/c1-16-6-2-3-7-17(16)14-22-20(25)15-23-10-12-24(13-11-23)19-9-5-4-8-18(19)21/h2-9H,10-15H2,1H3,(H,22,25). The molecular weight excluding hydrogens is 317 g/mol. The van der Waals surface area contributed by atoms with Crippen LogP contribution in [0.5, 0.6) is 0 Å². The smallest absolute Gasteiger partial charge is 0.234 e. The van der Waals surface area contributed by atoms with Crippen molar-refractivity contribution in [3.05, 3.63) is 65.5 Å². The molecule has 0 unspecified atom stereocenters. The number of hydrogen-bond donors (Lipinski definition) is 1. The van der Waals surface area contributed by atoms with Gasteiger partial charge in [-0.2, -0.15) is 0 Å². The van der Waals surface area contributed by atoms with Crippen molar-refractivity contribution in [2.75, 3.05) is 37.6 Å². The van der Waals surface area contributed by atoms with Gasteiger partial charge in [0.05, 0.1) is 12.2 Å². The molecule has 0 aromatic heterocycles. The number of anilines is 1. The molecule has 1 aliphatic heterocycles. The minimum atomic E-state index is -0.188. The first-order chi connectivity index (χ1) is 12.1. The molecule has 0 aliphatic carbocycles. The van der Waals surface area contributed by atoms with E-state index in [-0.39, 0.29) is 11.7 Å². The molecule has 0 saturated carbocycles. The molecule has 0 bridgehead atoms. The topological polar surface area (TPSA) is 35.6 Å². The van der Waals surface area contributed by atoms with Gasteiger partial charge in [0.15, 0.2) is 0 Å². The zero-order chi connectivity index (χ0) is 17.6. The molecule has 1 N–H and O–H groups in total. The fourth-order valence-electron chi connectivity index (χ4n) is 3.12. The molecule has 25 heavy (non-hydrogen) atoms. The van der Waals surface area contributed by atoms with E-state index in [9.17, 15) is 9.18 Å². The van der Waals surface area contributed by atoms with Gasteiger partial charge in [-0.15, -0.1) is 0 Å². The lowest BCUT2D eigenvalue weighted by atomic mass is 10.1. The quantitative estimate of drug-likeness (QED) is 0.908. The van der Waals surface area contributed by atoms with Gasteiger partial charge >= 0.3 is 0 Å². The van der Waals surface area contributed by atoms with Crippen LogP contribution in [0.15, 0.2) is 48.5 Å². The summed E-state index contributed by atoms with van der Waals surface area (Å²) in [7, 11) is 0. The second-order valence-electron chi connectivity index (χ2n) is 6.42. The van der Waals surface area contributed by atoms with Crippen LogP contribution < -0.4 is 10.2 Å². The molecule has 2 aromatic rings. The van der Waals surface area contributed by atoms with Gasteiger partial charge in [-0.1, -0.05) is 36.4 Å². The number of amides is 1. The average molecular weight is 341 g/mol. The maximum Gasteiger partial charge on any atom is 0.234 e. The van der Waals surface area contributed by atoms with Crippen LogP contribution in [0, 0.1) is 12.7 Å². The first-order valence-corrected chi connectivity index (χ1v) is 8.66. The molecule has 0 radical (unpaired) electrons. The number of nitrogens with zero attached hydrogens (tertiary/aromatic N) is 2. The van der Waals surface area contributed by atoms with Crippen LogP contribution in [0.25, 0.3) is 0 Å². The largest absolute Gasteiger partial charge is 0.367 e. The van der Waals surface area contributed by atoms with E-state index in [0.717, 1.165) is 31.7 Å². The van der Waals surface area contributed by atoms with Crippen LogP contribution in [0.3, 0.4) is 0 Å². The summed E-state index contributed by atoms with van der Waals surface area (Å²) in [6.07, 6.45) is 0. The van der Waals surface area contributed by atoms with E-state index in [1.54, 1.807) is 12.1 Å². The normalized spacial score (nSPS) is 15.2. The average Bonchev–Trinajstić information content (AvgIpc) is 2.62. The van der Waals surface area contributed by atoms with Crippen molar-refractivity contribution in [2.24, 2.45) is 0 Å². The zero-order valence-electron chi connectivity index (χ0n) is 14.5. The highest BCUT2D eigenvalue weighted by Gasteiger charge is 2.20. The molecule has 1 aliphatic rings. The molecule has 132 valence electrons. The SMILES string of the molecule is Cc1ccccc1CNC(=O)CN1CCN(c2ccccc2F)CC1. The molecule has 1 heterocycles. The van der Waals surface area contributed by atoms with Crippen molar-refractivity contribution in [3.8, 4) is 0 Å². The monoisotopic (exact) mass is 341 g/mol. The number of rotatable bonds is 5. The van der Waals surface area contributed by atoms with Crippen molar-refractivity contribution < 1.29 is 9.18 Å². The van der Waals surface area contributed by atoms with Crippen LogP contribution in [-0.2, 0) is 11.3 Å². The summed E-state index contributed by atoms with van der Waals surface area (Å²) in [4.78, 5) is 16.3. The Morgan fingerprint density at radius 2 is 1.72 bits per heavy atom. The van der Waals surface area contributed by atoms with E-state index in [2.05, 4.69) is 10.2 Å². The number of aryl methyl sites for hydroxylation is 1. The molecule has 1 amide bonds. The van der Waals surface area contributed by atoms with Crippen molar-refractivity contribution in [2.45, 2.75) is 13.5 Å². The molecular formula is C20H24FN3O. The van der Waals surface area contributed by atoms with Crippen LogP contribution >= 0.6 is 0 Å². The lowest BCUT2D eigenvalue weighted by Crippen LogP contribution is -2.49. The highest BCUT2D eigenvalue weighted by molar-refractivity contribution is 5.78. The fraction of sp³-hybridized carbons (Fsp3) is 0.350. The molecule has 0 spiro atoms. The maximum atomic E-state index is 13.9. The molecule has 1 fully saturated rings. The third-order valence-corrected chi connectivity index (χ3v) is 4.67. The second-order valence-corrected chi connectivity index (χ2v) is 6.42. The lowest BCUT2D eigenvalue weighted by Gasteiger charge is -2.35. The first-order valence-electron chi connectivity index (χ1n) is 8.66.